The number of carbonyl (C=O) groups excluding carboxylic acids is 1. The summed E-state index contributed by atoms with van der Waals surface area (Å²) in [6, 6.07) is 13.4. The molecule has 1 aromatic heterocycles. The van der Waals surface area contributed by atoms with E-state index in [-0.39, 0.29) is 11.3 Å². The van der Waals surface area contributed by atoms with Crippen molar-refractivity contribution >= 4 is 22.5 Å². The summed E-state index contributed by atoms with van der Waals surface area (Å²) in [6.45, 7) is 0. The molecule has 0 atom stereocenters. The molecule has 1 amide bonds. The smallest absolute Gasteiger partial charge is 0.265 e. The van der Waals surface area contributed by atoms with Crippen molar-refractivity contribution in [3.63, 3.8) is 0 Å². The van der Waals surface area contributed by atoms with E-state index in [9.17, 15) is 14.7 Å². The highest BCUT2D eigenvalue weighted by molar-refractivity contribution is 6.08. The number of carbonyl (C=O) groups is 1. The Morgan fingerprint density at radius 3 is 2.74 bits per heavy atom. The molecule has 0 spiro atoms. The number of fused-ring (bicyclic) bond motifs is 1. The number of aromatic hydroxyl groups is 1. The van der Waals surface area contributed by atoms with Crippen molar-refractivity contribution in [1.29, 1.82) is 0 Å². The van der Waals surface area contributed by atoms with Gasteiger partial charge in [0.25, 0.3) is 11.5 Å². The van der Waals surface area contributed by atoms with Crippen LogP contribution in [0.1, 0.15) is 10.4 Å². The predicted octanol–water partition coefficient (Wildman–Crippen LogP) is 2.49. The van der Waals surface area contributed by atoms with E-state index in [1.54, 1.807) is 48.5 Å². The number of aromatic nitrogens is 1. The van der Waals surface area contributed by atoms with Crippen molar-refractivity contribution in [2.75, 3.05) is 12.4 Å². The van der Waals surface area contributed by atoms with Gasteiger partial charge in [-0.25, -0.2) is 0 Å². The number of pyridine rings is 1. The predicted molar refractivity (Wildman–Crippen MR) is 87.2 cm³/mol. The number of ether oxygens (including phenoxy) is 1. The number of aromatic amines is 1. The lowest BCUT2D eigenvalue weighted by atomic mass is 10.1. The number of benzene rings is 2. The minimum absolute atomic E-state index is 0.327. The van der Waals surface area contributed by atoms with Crippen molar-refractivity contribution in [2.24, 2.45) is 0 Å². The van der Waals surface area contributed by atoms with Crippen molar-refractivity contribution in [2.45, 2.75) is 0 Å². The first kappa shape index (κ1) is 14.6. The average Bonchev–Trinajstić information content (AvgIpc) is 2.55. The van der Waals surface area contributed by atoms with Gasteiger partial charge in [-0.3, -0.25) is 9.59 Å². The zero-order valence-electron chi connectivity index (χ0n) is 12.3. The summed E-state index contributed by atoms with van der Waals surface area (Å²) >= 11 is 0. The first-order valence-corrected chi connectivity index (χ1v) is 6.89. The molecule has 116 valence electrons. The highest BCUT2D eigenvalue weighted by Gasteiger charge is 2.19. The second-order valence-corrected chi connectivity index (χ2v) is 4.91. The van der Waals surface area contributed by atoms with Crippen LogP contribution < -0.4 is 15.6 Å². The zero-order valence-corrected chi connectivity index (χ0v) is 12.3. The Morgan fingerprint density at radius 1 is 1.17 bits per heavy atom. The molecule has 0 aliphatic carbocycles. The fourth-order valence-corrected chi connectivity index (χ4v) is 2.33. The summed E-state index contributed by atoms with van der Waals surface area (Å²) in [7, 11) is 1.51. The molecule has 1 heterocycles. The zero-order chi connectivity index (χ0) is 16.4. The van der Waals surface area contributed by atoms with E-state index < -0.39 is 11.5 Å². The van der Waals surface area contributed by atoms with Crippen molar-refractivity contribution in [3.8, 4) is 11.5 Å². The van der Waals surface area contributed by atoms with Crippen LogP contribution in [0.3, 0.4) is 0 Å². The van der Waals surface area contributed by atoms with Gasteiger partial charge in [0, 0.05) is 17.1 Å². The maximum absolute atomic E-state index is 12.4. The summed E-state index contributed by atoms with van der Waals surface area (Å²) < 4.78 is 5.08. The minimum Gasteiger partial charge on any atom is -0.506 e. The van der Waals surface area contributed by atoms with E-state index in [1.165, 1.54) is 7.11 Å². The van der Waals surface area contributed by atoms with Gasteiger partial charge in [0.2, 0.25) is 0 Å². The van der Waals surface area contributed by atoms with Crippen LogP contribution in [0.4, 0.5) is 5.69 Å². The molecule has 6 nitrogen and oxygen atoms in total. The summed E-state index contributed by atoms with van der Waals surface area (Å²) in [4.78, 5) is 27.1. The first-order valence-electron chi connectivity index (χ1n) is 6.89. The third kappa shape index (κ3) is 2.74. The van der Waals surface area contributed by atoms with Gasteiger partial charge in [-0.1, -0.05) is 18.2 Å². The highest BCUT2D eigenvalue weighted by atomic mass is 16.5. The molecular formula is C17H14N2O4. The molecule has 6 heteroatoms. The molecule has 2 aromatic carbocycles. The molecule has 0 fully saturated rings. The fourth-order valence-electron chi connectivity index (χ4n) is 2.33. The number of methoxy groups -OCH3 is 1. The number of hydrogen-bond donors (Lipinski definition) is 3. The Morgan fingerprint density at radius 2 is 1.96 bits per heavy atom. The normalized spacial score (nSPS) is 10.5. The van der Waals surface area contributed by atoms with Crippen LogP contribution >= 0.6 is 0 Å². The molecule has 0 radical (unpaired) electrons. The maximum Gasteiger partial charge on any atom is 0.265 e. The quantitative estimate of drug-likeness (QED) is 0.693. The Hall–Kier alpha value is -3.28. The van der Waals surface area contributed by atoms with Crippen LogP contribution in [0, 0.1) is 0 Å². The number of H-pyrrole nitrogens is 1. The summed E-state index contributed by atoms with van der Waals surface area (Å²) in [5.41, 5.74) is -0.0534. The lowest BCUT2D eigenvalue weighted by Crippen LogP contribution is -2.23. The minimum atomic E-state index is -0.692. The van der Waals surface area contributed by atoms with Crippen LogP contribution in [0.2, 0.25) is 0 Å². The highest BCUT2D eigenvalue weighted by Crippen LogP contribution is 2.25. The maximum atomic E-state index is 12.4. The van der Waals surface area contributed by atoms with E-state index in [1.807, 2.05) is 0 Å². The SMILES string of the molecule is COc1cccc(NC(=O)c2c(O)c3ccccc3[nH]c2=O)c1. The average molecular weight is 310 g/mol. The van der Waals surface area contributed by atoms with Gasteiger partial charge in [0.05, 0.1) is 12.6 Å². The van der Waals surface area contributed by atoms with Crippen LogP contribution in [-0.2, 0) is 0 Å². The monoisotopic (exact) mass is 310 g/mol. The van der Waals surface area contributed by atoms with Crippen LogP contribution in [0.15, 0.2) is 53.3 Å². The Balaban J connectivity index is 2.02. The van der Waals surface area contributed by atoms with Gasteiger partial charge in [0.15, 0.2) is 0 Å². The van der Waals surface area contributed by atoms with Gasteiger partial charge >= 0.3 is 0 Å². The molecule has 3 N–H and O–H groups in total. The lowest BCUT2D eigenvalue weighted by Gasteiger charge is -2.09. The topological polar surface area (TPSA) is 91.4 Å². The van der Waals surface area contributed by atoms with E-state index in [4.69, 9.17) is 4.74 Å². The molecule has 0 aliphatic rings. The molecule has 3 aromatic rings. The molecule has 0 saturated heterocycles. The third-order valence-corrected chi connectivity index (χ3v) is 3.45. The first-order chi connectivity index (χ1) is 11.1. The van der Waals surface area contributed by atoms with E-state index >= 15 is 0 Å². The number of nitrogens with one attached hydrogen (secondary N) is 2. The Kier molecular flexibility index (Phi) is 3.72. The van der Waals surface area contributed by atoms with Gasteiger partial charge < -0.3 is 20.1 Å². The number of anilines is 1. The number of amides is 1. The lowest BCUT2D eigenvalue weighted by molar-refractivity contribution is 0.102. The Labute approximate surface area is 131 Å². The van der Waals surface area contributed by atoms with Crippen molar-refractivity contribution in [1.82, 2.24) is 4.98 Å². The fraction of sp³-hybridized carbons (Fsp3) is 0.0588. The van der Waals surface area contributed by atoms with Gasteiger partial charge in [-0.05, 0) is 24.3 Å². The molecule has 0 aliphatic heterocycles. The molecule has 23 heavy (non-hydrogen) atoms. The van der Waals surface area contributed by atoms with E-state index in [2.05, 4.69) is 10.3 Å². The van der Waals surface area contributed by atoms with E-state index in [0.29, 0.717) is 22.3 Å². The second-order valence-electron chi connectivity index (χ2n) is 4.91. The summed E-state index contributed by atoms with van der Waals surface area (Å²) in [6.07, 6.45) is 0. The van der Waals surface area contributed by atoms with Gasteiger partial charge in [0.1, 0.15) is 17.1 Å². The molecule has 0 unspecified atom stereocenters. The third-order valence-electron chi connectivity index (χ3n) is 3.45. The molecule has 0 bridgehead atoms. The van der Waals surface area contributed by atoms with Gasteiger partial charge in [-0.2, -0.15) is 0 Å². The van der Waals surface area contributed by atoms with Crippen LogP contribution in [0.5, 0.6) is 11.5 Å². The molecule has 3 rings (SSSR count). The Bertz CT molecular complexity index is 947. The number of hydrogen-bond acceptors (Lipinski definition) is 4. The largest absolute Gasteiger partial charge is 0.506 e. The number of rotatable bonds is 3. The molecule has 0 saturated carbocycles. The van der Waals surface area contributed by atoms with E-state index in [0.717, 1.165) is 0 Å². The number of para-hydroxylation sites is 1. The van der Waals surface area contributed by atoms with Crippen molar-refractivity contribution in [3.05, 3.63) is 64.4 Å². The summed E-state index contributed by atoms with van der Waals surface area (Å²) in [5.74, 6) is -0.466. The van der Waals surface area contributed by atoms with Crippen LogP contribution in [0.25, 0.3) is 10.9 Å². The van der Waals surface area contributed by atoms with Crippen molar-refractivity contribution < 1.29 is 14.6 Å². The second kappa shape index (κ2) is 5.84. The van der Waals surface area contributed by atoms with Gasteiger partial charge in [-0.15, -0.1) is 0 Å². The molecular weight excluding hydrogens is 296 g/mol. The van der Waals surface area contributed by atoms with Crippen LogP contribution in [-0.4, -0.2) is 23.1 Å². The summed E-state index contributed by atoms with van der Waals surface area (Å²) in [5, 5.41) is 13.3. The standard InChI is InChI=1S/C17H14N2O4/c1-23-11-6-4-5-10(9-11)18-16(21)14-15(20)12-7-2-3-8-13(12)19-17(14)22/h2-9H,1H3,(H,18,21)(H2,19,20,22).